The van der Waals surface area contributed by atoms with Crippen LogP contribution in [0.5, 0.6) is 5.75 Å². The zero-order valence-corrected chi connectivity index (χ0v) is 12.8. The highest BCUT2D eigenvalue weighted by atomic mass is 32.2. The van der Waals surface area contributed by atoms with E-state index in [1.54, 1.807) is 18.9 Å². The summed E-state index contributed by atoms with van der Waals surface area (Å²) in [5.74, 6) is 0.894. The fraction of sp³-hybridized carbons (Fsp3) is 0.429. The molecule has 0 aliphatic heterocycles. The number of rotatable bonds is 7. The van der Waals surface area contributed by atoms with Crippen LogP contribution in [0.4, 0.5) is 0 Å². The van der Waals surface area contributed by atoms with E-state index < -0.39 is 0 Å². The van der Waals surface area contributed by atoms with Crippen molar-refractivity contribution in [2.75, 3.05) is 13.7 Å². The van der Waals surface area contributed by atoms with Crippen LogP contribution in [0.25, 0.3) is 0 Å². The van der Waals surface area contributed by atoms with Gasteiger partial charge in [-0.2, -0.15) is 5.10 Å². The van der Waals surface area contributed by atoms with Crippen LogP contribution in [-0.4, -0.2) is 28.8 Å². The number of benzene rings is 1. The van der Waals surface area contributed by atoms with Crippen LogP contribution in [0.3, 0.4) is 0 Å². The van der Waals surface area contributed by atoms with Gasteiger partial charge in [-0.15, -0.1) is 0 Å². The zero-order chi connectivity index (χ0) is 14.4. The smallest absolute Gasteiger partial charge is 0.188 e. The SMILES string of the molecule is CCCNC(C)c1c(OC)cccc1Sc1ncn[nH]1. The fourth-order valence-electron chi connectivity index (χ4n) is 2.03. The molecule has 0 saturated heterocycles. The van der Waals surface area contributed by atoms with E-state index in [9.17, 15) is 0 Å². The first-order chi connectivity index (χ1) is 9.76. The first-order valence-electron chi connectivity index (χ1n) is 6.69. The van der Waals surface area contributed by atoms with E-state index in [1.807, 2.05) is 12.1 Å². The second-order valence-corrected chi connectivity index (χ2v) is 5.47. The van der Waals surface area contributed by atoms with Crippen molar-refractivity contribution in [2.24, 2.45) is 0 Å². The quantitative estimate of drug-likeness (QED) is 0.821. The summed E-state index contributed by atoms with van der Waals surface area (Å²) in [7, 11) is 1.70. The molecule has 0 bridgehead atoms. The second kappa shape index (κ2) is 7.31. The van der Waals surface area contributed by atoms with Gasteiger partial charge in [-0.1, -0.05) is 13.0 Å². The van der Waals surface area contributed by atoms with Crippen LogP contribution >= 0.6 is 11.8 Å². The largest absolute Gasteiger partial charge is 0.496 e. The van der Waals surface area contributed by atoms with Crippen LogP contribution in [-0.2, 0) is 0 Å². The number of nitrogens with one attached hydrogen (secondary N) is 2. The normalized spacial score (nSPS) is 12.3. The van der Waals surface area contributed by atoms with E-state index in [4.69, 9.17) is 4.74 Å². The predicted octanol–water partition coefficient (Wildman–Crippen LogP) is 3.03. The van der Waals surface area contributed by atoms with Crippen LogP contribution in [0, 0.1) is 0 Å². The molecule has 20 heavy (non-hydrogen) atoms. The number of H-pyrrole nitrogens is 1. The molecule has 108 valence electrons. The maximum atomic E-state index is 5.51. The molecule has 1 unspecified atom stereocenters. The van der Waals surface area contributed by atoms with Gasteiger partial charge in [0.05, 0.1) is 7.11 Å². The van der Waals surface area contributed by atoms with Gasteiger partial charge in [0.1, 0.15) is 12.1 Å². The van der Waals surface area contributed by atoms with Crippen LogP contribution in [0.15, 0.2) is 34.6 Å². The number of hydrogen-bond donors (Lipinski definition) is 2. The highest BCUT2D eigenvalue weighted by molar-refractivity contribution is 7.99. The topological polar surface area (TPSA) is 62.8 Å². The summed E-state index contributed by atoms with van der Waals surface area (Å²) in [6, 6.07) is 6.28. The van der Waals surface area contributed by atoms with Crippen molar-refractivity contribution in [3.63, 3.8) is 0 Å². The molecule has 0 aliphatic carbocycles. The van der Waals surface area contributed by atoms with Gasteiger partial charge in [0.15, 0.2) is 5.16 Å². The molecule has 5 nitrogen and oxygen atoms in total. The molecule has 2 rings (SSSR count). The van der Waals surface area contributed by atoms with Crippen molar-refractivity contribution >= 4 is 11.8 Å². The Morgan fingerprint density at radius 2 is 2.30 bits per heavy atom. The first kappa shape index (κ1) is 14.9. The summed E-state index contributed by atoms with van der Waals surface area (Å²) in [4.78, 5) is 5.29. The molecule has 0 saturated carbocycles. The number of aromatic nitrogens is 3. The Labute approximate surface area is 123 Å². The molecule has 1 aromatic heterocycles. The van der Waals surface area contributed by atoms with Crippen molar-refractivity contribution in [2.45, 2.75) is 36.4 Å². The van der Waals surface area contributed by atoms with Gasteiger partial charge in [-0.25, -0.2) is 4.98 Å². The fourth-order valence-corrected chi connectivity index (χ4v) is 2.97. The number of nitrogens with zero attached hydrogens (tertiary/aromatic N) is 2. The summed E-state index contributed by atoms with van der Waals surface area (Å²) < 4.78 is 5.51. The van der Waals surface area contributed by atoms with Crippen molar-refractivity contribution in [3.05, 3.63) is 30.1 Å². The second-order valence-electron chi connectivity index (χ2n) is 4.44. The molecule has 0 radical (unpaired) electrons. The molecule has 0 spiro atoms. The van der Waals surface area contributed by atoms with E-state index >= 15 is 0 Å². The number of aromatic amines is 1. The average Bonchev–Trinajstić information content (AvgIpc) is 2.97. The Bertz CT molecular complexity index is 530. The minimum atomic E-state index is 0.219. The van der Waals surface area contributed by atoms with E-state index in [-0.39, 0.29) is 6.04 Å². The lowest BCUT2D eigenvalue weighted by Crippen LogP contribution is -2.20. The summed E-state index contributed by atoms with van der Waals surface area (Å²) in [5, 5.41) is 11.0. The molecule has 0 aliphatic rings. The van der Waals surface area contributed by atoms with Gasteiger partial charge in [-0.05, 0) is 43.8 Å². The van der Waals surface area contributed by atoms with E-state index in [0.29, 0.717) is 0 Å². The molecule has 0 fully saturated rings. The zero-order valence-electron chi connectivity index (χ0n) is 12.0. The van der Waals surface area contributed by atoms with Crippen molar-refractivity contribution in [1.29, 1.82) is 0 Å². The Morgan fingerprint density at radius 1 is 1.45 bits per heavy atom. The Morgan fingerprint density at radius 3 is 2.95 bits per heavy atom. The van der Waals surface area contributed by atoms with Crippen LogP contribution < -0.4 is 10.1 Å². The van der Waals surface area contributed by atoms with Crippen molar-refractivity contribution in [3.8, 4) is 5.75 Å². The van der Waals surface area contributed by atoms with Gasteiger partial charge in [-0.3, -0.25) is 5.10 Å². The van der Waals surface area contributed by atoms with Gasteiger partial charge in [0, 0.05) is 16.5 Å². The van der Waals surface area contributed by atoms with Gasteiger partial charge in [0.25, 0.3) is 0 Å². The third kappa shape index (κ3) is 3.52. The molecule has 2 N–H and O–H groups in total. The van der Waals surface area contributed by atoms with Gasteiger partial charge in [0.2, 0.25) is 0 Å². The molecule has 2 aromatic rings. The molecular weight excluding hydrogens is 272 g/mol. The molecule has 1 heterocycles. The van der Waals surface area contributed by atoms with E-state index in [2.05, 4.69) is 40.4 Å². The van der Waals surface area contributed by atoms with Crippen LogP contribution in [0.1, 0.15) is 31.9 Å². The molecule has 0 amide bonds. The minimum absolute atomic E-state index is 0.219. The van der Waals surface area contributed by atoms with Crippen molar-refractivity contribution in [1.82, 2.24) is 20.5 Å². The number of methoxy groups -OCH3 is 1. The average molecular weight is 292 g/mol. The highest BCUT2D eigenvalue weighted by Gasteiger charge is 2.17. The standard InChI is InChI=1S/C14H20N4OS/c1-4-8-15-10(2)13-11(19-3)6-5-7-12(13)20-14-16-9-17-18-14/h5-7,9-10,15H,4,8H2,1-3H3,(H,16,17,18). The monoisotopic (exact) mass is 292 g/mol. The predicted molar refractivity (Wildman–Crippen MR) is 80.2 cm³/mol. The maximum Gasteiger partial charge on any atom is 0.188 e. The summed E-state index contributed by atoms with van der Waals surface area (Å²) >= 11 is 1.56. The summed E-state index contributed by atoms with van der Waals surface area (Å²) in [5.41, 5.74) is 1.16. The summed E-state index contributed by atoms with van der Waals surface area (Å²) in [6.07, 6.45) is 2.62. The first-order valence-corrected chi connectivity index (χ1v) is 7.51. The Kier molecular flexibility index (Phi) is 5.43. The van der Waals surface area contributed by atoms with Gasteiger partial charge < -0.3 is 10.1 Å². The third-order valence-electron chi connectivity index (χ3n) is 2.98. The number of hydrogen-bond acceptors (Lipinski definition) is 5. The lowest BCUT2D eigenvalue weighted by atomic mass is 10.1. The van der Waals surface area contributed by atoms with E-state index in [0.717, 1.165) is 34.3 Å². The lowest BCUT2D eigenvalue weighted by molar-refractivity contribution is 0.399. The number of ether oxygens (including phenoxy) is 1. The Balaban J connectivity index is 2.30. The molecule has 1 atom stereocenters. The molecule has 6 heteroatoms. The lowest BCUT2D eigenvalue weighted by Gasteiger charge is -2.20. The molecular formula is C14H20N4OS. The third-order valence-corrected chi connectivity index (χ3v) is 3.95. The highest BCUT2D eigenvalue weighted by Crippen LogP contribution is 2.36. The van der Waals surface area contributed by atoms with E-state index in [1.165, 1.54) is 6.33 Å². The summed E-state index contributed by atoms with van der Waals surface area (Å²) in [6.45, 7) is 5.29. The molecule has 1 aromatic carbocycles. The minimum Gasteiger partial charge on any atom is -0.496 e. The van der Waals surface area contributed by atoms with Gasteiger partial charge >= 0.3 is 0 Å². The van der Waals surface area contributed by atoms with Crippen molar-refractivity contribution < 1.29 is 4.74 Å². The Hall–Kier alpha value is -1.53. The maximum absolute atomic E-state index is 5.51. The van der Waals surface area contributed by atoms with Crippen LogP contribution in [0.2, 0.25) is 0 Å².